The molecule has 1 fully saturated rings. The Morgan fingerprint density at radius 1 is 1.39 bits per heavy atom. The number of rotatable bonds is 6. The number of nitro groups is 1. The maximum absolute atomic E-state index is 12.4. The summed E-state index contributed by atoms with van der Waals surface area (Å²) in [5, 5.41) is 20.2. The van der Waals surface area contributed by atoms with E-state index in [4.69, 9.17) is 33.3 Å². The molecular weight excluding hydrogens is 428 g/mol. The van der Waals surface area contributed by atoms with Crippen LogP contribution >= 0.6 is 35.6 Å². The Bertz CT molecular complexity index is 1030. The third kappa shape index (κ3) is 4.24. The molecule has 0 spiro atoms. The van der Waals surface area contributed by atoms with Gasteiger partial charge in [-0.2, -0.15) is 0 Å². The van der Waals surface area contributed by atoms with E-state index in [1.807, 2.05) is 0 Å². The summed E-state index contributed by atoms with van der Waals surface area (Å²) in [6, 6.07) is 7.34. The molecule has 28 heavy (non-hydrogen) atoms. The summed E-state index contributed by atoms with van der Waals surface area (Å²) in [6.07, 6.45) is 1.25. The Morgan fingerprint density at radius 3 is 2.82 bits per heavy atom. The van der Waals surface area contributed by atoms with Gasteiger partial charge in [-0.05, 0) is 24.3 Å². The van der Waals surface area contributed by atoms with Crippen molar-refractivity contribution in [3.05, 3.63) is 56.1 Å². The highest BCUT2D eigenvalue weighted by molar-refractivity contribution is 8.26. The number of carbonyl (C=O) groups excluding carboxylic acids is 1. The largest absolute Gasteiger partial charge is 0.481 e. The normalized spacial score (nSPS) is 15.5. The first-order valence-electron chi connectivity index (χ1n) is 7.77. The molecule has 2 heterocycles. The standard InChI is InChI=1S/C17H11ClN2O6S2/c18-9-1-3-11(12(7-9)20(24)25)13-4-2-10(26-13)8-14-16(23)19(17(27)28-14)6-5-15(21)22/h1-4,7-8H,5-6H2,(H,21,22)/b14-8-. The molecule has 11 heteroatoms. The molecule has 0 saturated carbocycles. The van der Waals surface area contributed by atoms with Gasteiger partial charge in [0, 0.05) is 23.7 Å². The number of carboxylic acids is 1. The minimum absolute atomic E-state index is 0.0162. The molecule has 0 unspecified atom stereocenters. The fourth-order valence-corrected chi connectivity index (χ4v) is 3.92. The lowest BCUT2D eigenvalue weighted by atomic mass is 10.1. The molecule has 0 bridgehead atoms. The first-order valence-corrected chi connectivity index (χ1v) is 9.38. The van der Waals surface area contributed by atoms with Crippen molar-refractivity contribution in [1.29, 1.82) is 0 Å². The van der Waals surface area contributed by atoms with Crippen LogP contribution in [0.2, 0.25) is 5.02 Å². The van der Waals surface area contributed by atoms with E-state index in [1.165, 1.54) is 29.2 Å². The van der Waals surface area contributed by atoms with Crippen molar-refractivity contribution in [2.24, 2.45) is 0 Å². The maximum atomic E-state index is 12.4. The zero-order valence-corrected chi connectivity index (χ0v) is 16.3. The lowest BCUT2D eigenvalue weighted by Crippen LogP contribution is -2.30. The van der Waals surface area contributed by atoms with Gasteiger partial charge in [0.05, 0.1) is 21.8 Å². The van der Waals surface area contributed by atoms with Gasteiger partial charge in [-0.3, -0.25) is 24.6 Å². The van der Waals surface area contributed by atoms with Gasteiger partial charge >= 0.3 is 5.97 Å². The number of thioether (sulfide) groups is 1. The van der Waals surface area contributed by atoms with Crippen LogP contribution in [0.3, 0.4) is 0 Å². The van der Waals surface area contributed by atoms with E-state index in [0.717, 1.165) is 11.8 Å². The molecule has 1 amide bonds. The zero-order chi connectivity index (χ0) is 20.4. The number of hydrogen-bond acceptors (Lipinski definition) is 7. The second-order valence-corrected chi connectivity index (χ2v) is 7.71. The molecule has 8 nitrogen and oxygen atoms in total. The van der Waals surface area contributed by atoms with Gasteiger partial charge in [0.15, 0.2) is 0 Å². The Labute approximate surface area is 172 Å². The summed E-state index contributed by atoms with van der Waals surface area (Å²) in [7, 11) is 0. The van der Waals surface area contributed by atoms with Crippen LogP contribution in [0.15, 0.2) is 39.7 Å². The summed E-state index contributed by atoms with van der Waals surface area (Å²) in [6.45, 7) is -0.0162. The molecule has 1 aliphatic rings. The minimum atomic E-state index is -1.03. The van der Waals surface area contributed by atoms with Gasteiger partial charge in [0.1, 0.15) is 15.8 Å². The quantitative estimate of drug-likeness (QED) is 0.309. The van der Waals surface area contributed by atoms with Gasteiger partial charge in [-0.25, -0.2) is 0 Å². The SMILES string of the molecule is O=C(O)CCN1C(=O)/C(=C/c2ccc(-c3ccc(Cl)cc3[N+](=O)[O-])o2)SC1=S. The van der Waals surface area contributed by atoms with E-state index < -0.39 is 16.8 Å². The second-order valence-electron chi connectivity index (χ2n) is 5.60. The average molecular weight is 439 g/mol. The van der Waals surface area contributed by atoms with Crippen LogP contribution in [0.1, 0.15) is 12.2 Å². The lowest BCUT2D eigenvalue weighted by Gasteiger charge is -2.12. The molecule has 1 N–H and O–H groups in total. The highest BCUT2D eigenvalue weighted by Crippen LogP contribution is 2.36. The predicted octanol–water partition coefficient (Wildman–Crippen LogP) is 4.18. The van der Waals surface area contributed by atoms with Crippen molar-refractivity contribution in [1.82, 2.24) is 4.90 Å². The van der Waals surface area contributed by atoms with Crippen LogP contribution in [-0.2, 0) is 9.59 Å². The third-order valence-corrected chi connectivity index (χ3v) is 5.36. The van der Waals surface area contributed by atoms with Gasteiger partial charge in [-0.15, -0.1) is 0 Å². The molecule has 1 aromatic carbocycles. The van der Waals surface area contributed by atoms with Crippen molar-refractivity contribution >= 4 is 63.5 Å². The Hall–Kier alpha value is -2.69. The molecular formula is C17H11ClN2O6S2. The number of carbonyl (C=O) groups is 2. The van der Waals surface area contributed by atoms with Crippen LogP contribution in [0, 0.1) is 10.1 Å². The molecule has 0 radical (unpaired) electrons. The van der Waals surface area contributed by atoms with Crippen molar-refractivity contribution in [3.8, 4) is 11.3 Å². The number of nitrogens with zero attached hydrogens (tertiary/aromatic N) is 2. The highest BCUT2D eigenvalue weighted by Gasteiger charge is 2.32. The zero-order valence-electron chi connectivity index (χ0n) is 14.0. The fraction of sp³-hybridized carbons (Fsp3) is 0.118. The van der Waals surface area contributed by atoms with Crippen LogP contribution in [0.5, 0.6) is 0 Å². The van der Waals surface area contributed by atoms with E-state index >= 15 is 0 Å². The summed E-state index contributed by atoms with van der Waals surface area (Å²) in [4.78, 5) is 35.3. The molecule has 0 atom stereocenters. The number of halogens is 1. The third-order valence-electron chi connectivity index (χ3n) is 3.74. The van der Waals surface area contributed by atoms with Gasteiger partial charge in [0.2, 0.25) is 0 Å². The van der Waals surface area contributed by atoms with Crippen LogP contribution < -0.4 is 0 Å². The number of thiocarbonyl (C=S) groups is 1. The maximum Gasteiger partial charge on any atom is 0.305 e. The van der Waals surface area contributed by atoms with E-state index in [1.54, 1.807) is 12.1 Å². The number of carboxylic acid groups (broad SMARTS) is 1. The summed E-state index contributed by atoms with van der Waals surface area (Å²) < 4.78 is 5.90. The summed E-state index contributed by atoms with van der Waals surface area (Å²) in [5.41, 5.74) is 0.0523. The van der Waals surface area contributed by atoms with Crippen molar-refractivity contribution < 1.29 is 24.0 Å². The van der Waals surface area contributed by atoms with Crippen LogP contribution in [0.25, 0.3) is 17.4 Å². The molecule has 1 aromatic heterocycles. The molecule has 1 aliphatic heterocycles. The smallest absolute Gasteiger partial charge is 0.305 e. The average Bonchev–Trinajstić information content (AvgIpc) is 3.18. The molecule has 1 saturated heterocycles. The minimum Gasteiger partial charge on any atom is -0.481 e. The Balaban J connectivity index is 1.86. The fourth-order valence-electron chi connectivity index (χ4n) is 2.47. The first-order chi connectivity index (χ1) is 13.3. The molecule has 3 rings (SSSR count). The van der Waals surface area contributed by atoms with E-state index in [9.17, 15) is 19.7 Å². The Morgan fingerprint density at radius 2 is 2.14 bits per heavy atom. The summed E-state index contributed by atoms with van der Waals surface area (Å²) >= 11 is 12.0. The number of furan rings is 1. The molecule has 2 aromatic rings. The van der Waals surface area contributed by atoms with Gasteiger partial charge in [0.25, 0.3) is 11.6 Å². The van der Waals surface area contributed by atoms with Crippen LogP contribution in [0.4, 0.5) is 5.69 Å². The number of aliphatic carboxylic acids is 1. The van der Waals surface area contributed by atoms with Crippen molar-refractivity contribution in [2.75, 3.05) is 6.54 Å². The summed E-state index contributed by atoms with van der Waals surface area (Å²) in [5.74, 6) is -0.890. The topological polar surface area (TPSA) is 114 Å². The van der Waals surface area contributed by atoms with Crippen molar-refractivity contribution in [2.45, 2.75) is 6.42 Å². The number of hydrogen-bond donors (Lipinski definition) is 1. The lowest BCUT2D eigenvalue weighted by molar-refractivity contribution is -0.384. The van der Waals surface area contributed by atoms with Crippen molar-refractivity contribution in [3.63, 3.8) is 0 Å². The molecule has 0 aliphatic carbocycles. The highest BCUT2D eigenvalue weighted by atomic mass is 35.5. The second kappa shape index (κ2) is 8.13. The predicted molar refractivity (Wildman–Crippen MR) is 108 cm³/mol. The number of benzene rings is 1. The first kappa shape index (κ1) is 20.1. The van der Waals surface area contributed by atoms with E-state index in [0.29, 0.717) is 5.76 Å². The monoisotopic (exact) mass is 438 g/mol. The van der Waals surface area contributed by atoms with E-state index in [2.05, 4.69) is 0 Å². The Kier molecular flexibility index (Phi) is 5.82. The molecule has 144 valence electrons. The van der Waals surface area contributed by atoms with Gasteiger partial charge < -0.3 is 9.52 Å². The van der Waals surface area contributed by atoms with E-state index in [-0.39, 0.29) is 44.2 Å². The van der Waals surface area contributed by atoms with Crippen LogP contribution in [-0.4, -0.2) is 37.7 Å². The number of amides is 1. The van der Waals surface area contributed by atoms with Gasteiger partial charge in [-0.1, -0.05) is 35.6 Å². The number of nitro benzene ring substituents is 1.